The monoisotopic (exact) mass is 289 g/mol. The molecule has 0 saturated carbocycles. The normalized spacial score (nSPS) is 11.9. The predicted molar refractivity (Wildman–Crippen MR) is 79.5 cm³/mol. The molecule has 1 unspecified atom stereocenters. The van der Waals surface area contributed by atoms with E-state index in [1.165, 1.54) is 11.9 Å². The van der Waals surface area contributed by atoms with Crippen molar-refractivity contribution in [2.45, 2.75) is 25.8 Å². The highest BCUT2D eigenvalue weighted by molar-refractivity contribution is 5.70. The molecule has 2 aromatic rings. The van der Waals surface area contributed by atoms with Gasteiger partial charge in [-0.2, -0.15) is 0 Å². The van der Waals surface area contributed by atoms with Crippen LogP contribution in [0.3, 0.4) is 0 Å². The number of H-pyrrole nitrogens is 1. The van der Waals surface area contributed by atoms with Gasteiger partial charge in [0, 0.05) is 6.04 Å². The lowest BCUT2D eigenvalue weighted by molar-refractivity contribution is 0.191. The minimum absolute atomic E-state index is 0.0613. The van der Waals surface area contributed by atoms with Crippen molar-refractivity contribution in [3.63, 3.8) is 0 Å². The molecule has 0 aliphatic heterocycles. The number of carbonyl (C=O) groups excluding carboxylic acids is 1. The van der Waals surface area contributed by atoms with E-state index in [4.69, 9.17) is 10.5 Å². The number of aromatic nitrogens is 2. The summed E-state index contributed by atoms with van der Waals surface area (Å²) in [7, 11) is 0. The number of nitrogen functional groups attached to an aromatic ring is 1. The van der Waals surface area contributed by atoms with Gasteiger partial charge in [-0.25, -0.2) is 15.2 Å². The minimum atomic E-state index is -0.652. The molecule has 112 valence electrons. The summed E-state index contributed by atoms with van der Waals surface area (Å²) >= 11 is 0. The molecule has 1 heterocycles. The molecule has 0 fully saturated rings. The van der Waals surface area contributed by atoms with Crippen molar-refractivity contribution in [3.8, 4) is 5.88 Å². The van der Waals surface area contributed by atoms with E-state index in [0.29, 0.717) is 0 Å². The second kappa shape index (κ2) is 7.30. The molecule has 2 rings (SSSR count). The summed E-state index contributed by atoms with van der Waals surface area (Å²) < 4.78 is 4.92. The zero-order chi connectivity index (χ0) is 15.1. The van der Waals surface area contributed by atoms with Crippen LogP contribution in [0.15, 0.2) is 36.7 Å². The molecule has 0 saturated heterocycles. The fraction of sp³-hybridized carbons (Fsp3) is 0.286. The van der Waals surface area contributed by atoms with Crippen LogP contribution in [0.1, 0.15) is 18.9 Å². The number of aryl methyl sites for hydroxylation is 1. The number of benzene rings is 1. The van der Waals surface area contributed by atoms with Crippen molar-refractivity contribution in [1.82, 2.24) is 20.8 Å². The van der Waals surface area contributed by atoms with E-state index in [2.05, 4.69) is 33.0 Å². The van der Waals surface area contributed by atoms with E-state index in [1.54, 1.807) is 0 Å². The molecule has 1 aromatic carbocycles. The number of imidazole rings is 1. The number of anilines is 1. The Balaban J connectivity index is 1.68. The molecule has 7 nitrogen and oxygen atoms in total. The van der Waals surface area contributed by atoms with Crippen LogP contribution in [0.4, 0.5) is 10.6 Å². The molecule has 0 radical (unpaired) electrons. The van der Waals surface area contributed by atoms with Crippen LogP contribution in [0, 0.1) is 0 Å². The Morgan fingerprint density at radius 2 is 2.19 bits per heavy atom. The van der Waals surface area contributed by atoms with Gasteiger partial charge in [-0.1, -0.05) is 30.3 Å². The highest BCUT2D eigenvalue weighted by Crippen LogP contribution is 2.13. The number of hydrazine groups is 1. The lowest BCUT2D eigenvalue weighted by Gasteiger charge is -2.14. The number of hydrogen-bond acceptors (Lipinski definition) is 5. The van der Waals surface area contributed by atoms with E-state index in [0.717, 1.165) is 12.8 Å². The van der Waals surface area contributed by atoms with Gasteiger partial charge < -0.3 is 15.5 Å². The first-order valence-corrected chi connectivity index (χ1v) is 6.71. The average molecular weight is 289 g/mol. The van der Waals surface area contributed by atoms with E-state index in [9.17, 15) is 4.79 Å². The number of nitrogens with two attached hydrogens (primary N) is 1. The summed E-state index contributed by atoms with van der Waals surface area (Å²) in [4.78, 5) is 17.9. The lowest BCUT2D eigenvalue weighted by atomic mass is 10.1. The van der Waals surface area contributed by atoms with E-state index < -0.39 is 6.09 Å². The van der Waals surface area contributed by atoms with Gasteiger partial charge in [0.25, 0.3) is 5.88 Å². The van der Waals surface area contributed by atoms with Crippen LogP contribution in [0.2, 0.25) is 0 Å². The molecule has 1 amide bonds. The van der Waals surface area contributed by atoms with E-state index >= 15 is 0 Å². The molecule has 0 spiro atoms. The maximum atomic E-state index is 11.5. The molecule has 0 aliphatic rings. The van der Waals surface area contributed by atoms with E-state index in [-0.39, 0.29) is 17.7 Å². The summed E-state index contributed by atoms with van der Waals surface area (Å²) in [6, 6.07) is 10.3. The van der Waals surface area contributed by atoms with Crippen molar-refractivity contribution in [2.24, 2.45) is 0 Å². The van der Waals surface area contributed by atoms with Crippen LogP contribution in [0.25, 0.3) is 0 Å². The second-order valence-electron chi connectivity index (χ2n) is 4.71. The van der Waals surface area contributed by atoms with Gasteiger partial charge in [0.1, 0.15) is 0 Å². The average Bonchev–Trinajstić information content (AvgIpc) is 2.89. The second-order valence-corrected chi connectivity index (χ2v) is 4.71. The van der Waals surface area contributed by atoms with Gasteiger partial charge in [0.15, 0.2) is 5.82 Å². The smallest absolute Gasteiger partial charge is 0.386 e. The maximum Gasteiger partial charge on any atom is 0.428 e. The van der Waals surface area contributed by atoms with Gasteiger partial charge in [-0.3, -0.25) is 5.43 Å². The first kappa shape index (κ1) is 14.9. The Kier molecular flexibility index (Phi) is 5.16. The number of nitrogens with zero attached hydrogens (tertiary/aromatic N) is 1. The van der Waals surface area contributed by atoms with Crippen LogP contribution >= 0.6 is 0 Å². The highest BCUT2D eigenvalue weighted by Gasteiger charge is 2.10. The third-order valence-corrected chi connectivity index (χ3v) is 2.95. The number of rotatable bonds is 6. The number of aromatic amines is 1. The largest absolute Gasteiger partial charge is 0.428 e. The Morgan fingerprint density at radius 1 is 1.43 bits per heavy atom. The maximum absolute atomic E-state index is 11.5. The minimum Gasteiger partial charge on any atom is -0.386 e. The SMILES string of the molecule is CC(CCc1ccccc1)NNC(=O)Oc1nc[nH]c1N. The van der Waals surface area contributed by atoms with Crippen LogP contribution < -0.4 is 21.3 Å². The summed E-state index contributed by atoms with van der Waals surface area (Å²) in [5.74, 6) is 0.272. The molecular weight excluding hydrogens is 270 g/mol. The number of hydrogen-bond donors (Lipinski definition) is 4. The highest BCUT2D eigenvalue weighted by atomic mass is 16.6. The van der Waals surface area contributed by atoms with Gasteiger partial charge >= 0.3 is 6.09 Å². The van der Waals surface area contributed by atoms with Gasteiger partial charge in [-0.05, 0) is 25.3 Å². The standard InChI is InChI=1S/C14H19N5O2/c1-10(7-8-11-5-3-2-4-6-11)18-19-14(20)21-13-12(15)16-9-17-13/h2-6,9-10,18H,7-8,15H2,1H3,(H,16,17)(H,19,20). The summed E-state index contributed by atoms with van der Waals surface area (Å²) in [5.41, 5.74) is 12.1. The molecule has 0 bridgehead atoms. The molecule has 1 aromatic heterocycles. The van der Waals surface area contributed by atoms with Crippen LogP contribution in [0.5, 0.6) is 5.88 Å². The summed E-state index contributed by atoms with van der Waals surface area (Å²) in [6.07, 6.45) is 2.51. The fourth-order valence-corrected chi connectivity index (χ4v) is 1.77. The van der Waals surface area contributed by atoms with Gasteiger partial charge in [-0.15, -0.1) is 0 Å². The van der Waals surface area contributed by atoms with Gasteiger partial charge in [0.05, 0.1) is 6.33 Å². The van der Waals surface area contributed by atoms with Crippen molar-refractivity contribution < 1.29 is 9.53 Å². The summed E-state index contributed by atoms with van der Waals surface area (Å²) in [6.45, 7) is 1.98. The van der Waals surface area contributed by atoms with Crippen molar-refractivity contribution in [1.29, 1.82) is 0 Å². The van der Waals surface area contributed by atoms with Crippen LogP contribution in [-0.4, -0.2) is 22.1 Å². The Bertz CT molecular complexity index is 570. The number of carbonyl (C=O) groups is 1. The van der Waals surface area contributed by atoms with Gasteiger partial charge in [0.2, 0.25) is 0 Å². The Morgan fingerprint density at radius 3 is 2.86 bits per heavy atom. The lowest BCUT2D eigenvalue weighted by Crippen LogP contribution is -2.44. The Hall–Kier alpha value is -2.54. The van der Waals surface area contributed by atoms with Crippen LogP contribution in [-0.2, 0) is 6.42 Å². The third kappa shape index (κ3) is 4.81. The predicted octanol–water partition coefficient (Wildman–Crippen LogP) is 1.61. The molecule has 0 aliphatic carbocycles. The van der Waals surface area contributed by atoms with E-state index in [1.807, 2.05) is 25.1 Å². The molecule has 21 heavy (non-hydrogen) atoms. The Labute approximate surface area is 122 Å². The number of nitrogens with one attached hydrogen (secondary N) is 3. The first-order chi connectivity index (χ1) is 10.1. The van der Waals surface area contributed by atoms with Crippen molar-refractivity contribution >= 4 is 11.9 Å². The molecular formula is C14H19N5O2. The van der Waals surface area contributed by atoms with Crippen molar-refractivity contribution in [3.05, 3.63) is 42.2 Å². The fourth-order valence-electron chi connectivity index (χ4n) is 1.77. The topological polar surface area (TPSA) is 105 Å². The quantitative estimate of drug-likeness (QED) is 0.605. The third-order valence-electron chi connectivity index (χ3n) is 2.95. The molecule has 5 N–H and O–H groups in total. The number of ether oxygens (including phenoxy) is 1. The first-order valence-electron chi connectivity index (χ1n) is 6.71. The number of amides is 1. The zero-order valence-corrected chi connectivity index (χ0v) is 11.8. The summed E-state index contributed by atoms with van der Waals surface area (Å²) in [5, 5.41) is 0. The zero-order valence-electron chi connectivity index (χ0n) is 11.8. The molecule has 7 heteroatoms. The molecule has 1 atom stereocenters. The van der Waals surface area contributed by atoms with Crippen molar-refractivity contribution in [2.75, 3.05) is 5.73 Å².